The molecule has 0 radical (unpaired) electrons. The fraction of sp³-hybridized carbons (Fsp3) is 0.292. The van der Waals surface area contributed by atoms with Crippen molar-refractivity contribution in [3.05, 3.63) is 82.9 Å². The van der Waals surface area contributed by atoms with Crippen LogP contribution in [0.4, 0.5) is 0 Å². The SMILES string of the molecule is Cl.N=C(Cc1ccc2ccccc2c1Cl)N1CCC(Cc2ccccc2)CC1. The number of benzene rings is 3. The maximum atomic E-state index is 8.58. The Hall–Kier alpha value is -2.03. The molecule has 2 nitrogen and oxygen atoms in total. The molecule has 0 aliphatic carbocycles. The zero-order valence-corrected chi connectivity index (χ0v) is 17.5. The molecule has 0 bridgehead atoms. The van der Waals surface area contributed by atoms with E-state index in [1.165, 1.54) is 5.56 Å². The minimum Gasteiger partial charge on any atom is -0.360 e. The van der Waals surface area contributed by atoms with E-state index in [4.69, 9.17) is 17.0 Å². The second kappa shape index (κ2) is 9.45. The molecule has 1 fully saturated rings. The van der Waals surface area contributed by atoms with E-state index in [1.54, 1.807) is 0 Å². The van der Waals surface area contributed by atoms with Crippen LogP contribution in [-0.4, -0.2) is 23.8 Å². The van der Waals surface area contributed by atoms with Gasteiger partial charge in [0.15, 0.2) is 0 Å². The molecule has 0 saturated carbocycles. The largest absolute Gasteiger partial charge is 0.360 e. The number of nitrogens with zero attached hydrogens (tertiary/aromatic N) is 1. The maximum absolute atomic E-state index is 8.58. The summed E-state index contributed by atoms with van der Waals surface area (Å²) in [6.45, 7) is 1.95. The van der Waals surface area contributed by atoms with Crippen LogP contribution in [0.25, 0.3) is 10.8 Å². The number of fused-ring (bicyclic) bond motifs is 1. The standard InChI is InChI=1S/C24H25ClN2.ClH/c25-24-21(11-10-20-8-4-5-9-22(20)24)17-23(26)27-14-12-19(13-15-27)16-18-6-2-1-3-7-18;/h1-11,19,26H,12-17H2;1H. The zero-order chi connectivity index (χ0) is 18.6. The van der Waals surface area contributed by atoms with Gasteiger partial charge in [0.25, 0.3) is 0 Å². The molecule has 3 aromatic rings. The summed E-state index contributed by atoms with van der Waals surface area (Å²) < 4.78 is 0. The van der Waals surface area contributed by atoms with Crippen molar-refractivity contribution < 1.29 is 0 Å². The second-order valence-electron chi connectivity index (χ2n) is 7.50. The van der Waals surface area contributed by atoms with E-state index < -0.39 is 0 Å². The number of hydrogen-bond acceptors (Lipinski definition) is 1. The fourth-order valence-corrected chi connectivity index (χ4v) is 4.36. The Morgan fingerprint density at radius 3 is 2.36 bits per heavy atom. The number of likely N-dealkylation sites (tertiary alicyclic amines) is 1. The lowest BCUT2D eigenvalue weighted by atomic mass is 9.90. The van der Waals surface area contributed by atoms with Crippen LogP contribution in [0.5, 0.6) is 0 Å². The topological polar surface area (TPSA) is 27.1 Å². The summed E-state index contributed by atoms with van der Waals surface area (Å²) in [7, 11) is 0. The third kappa shape index (κ3) is 4.68. The van der Waals surface area contributed by atoms with Gasteiger partial charge in [-0.3, -0.25) is 5.41 Å². The molecule has 146 valence electrons. The summed E-state index contributed by atoms with van der Waals surface area (Å²) in [4.78, 5) is 2.23. The maximum Gasteiger partial charge on any atom is 0.100 e. The number of rotatable bonds is 4. The van der Waals surface area contributed by atoms with Crippen molar-refractivity contribution >= 4 is 40.6 Å². The van der Waals surface area contributed by atoms with Gasteiger partial charge in [0.2, 0.25) is 0 Å². The molecule has 0 unspecified atom stereocenters. The van der Waals surface area contributed by atoms with Crippen molar-refractivity contribution in [2.24, 2.45) is 5.92 Å². The van der Waals surface area contributed by atoms with Gasteiger partial charge in [0.1, 0.15) is 5.84 Å². The summed E-state index contributed by atoms with van der Waals surface area (Å²) >= 11 is 6.62. The van der Waals surface area contributed by atoms with Gasteiger partial charge in [-0.2, -0.15) is 0 Å². The van der Waals surface area contributed by atoms with Crippen molar-refractivity contribution in [1.29, 1.82) is 5.41 Å². The number of halogens is 2. The Morgan fingerprint density at radius 2 is 1.61 bits per heavy atom. The Kier molecular flexibility index (Phi) is 6.98. The Labute approximate surface area is 178 Å². The quantitative estimate of drug-likeness (QED) is 0.389. The van der Waals surface area contributed by atoms with Gasteiger partial charge in [0.05, 0.1) is 5.02 Å². The molecule has 3 aromatic carbocycles. The summed E-state index contributed by atoms with van der Waals surface area (Å²) in [5, 5.41) is 11.6. The zero-order valence-electron chi connectivity index (χ0n) is 15.9. The molecular weight excluding hydrogens is 387 g/mol. The third-order valence-electron chi connectivity index (χ3n) is 5.66. The first-order chi connectivity index (χ1) is 13.2. The number of amidine groups is 1. The fourth-order valence-electron chi connectivity index (χ4n) is 4.06. The number of nitrogens with one attached hydrogen (secondary N) is 1. The molecular formula is C24H26Cl2N2. The van der Waals surface area contributed by atoms with E-state index in [-0.39, 0.29) is 12.4 Å². The van der Waals surface area contributed by atoms with E-state index in [1.807, 2.05) is 12.1 Å². The first-order valence-corrected chi connectivity index (χ1v) is 10.1. The van der Waals surface area contributed by atoms with Crippen LogP contribution in [0.15, 0.2) is 66.7 Å². The lowest BCUT2D eigenvalue weighted by molar-refractivity contribution is 0.261. The first-order valence-electron chi connectivity index (χ1n) is 9.73. The summed E-state index contributed by atoms with van der Waals surface area (Å²) in [5.41, 5.74) is 2.47. The highest BCUT2D eigenvalue weighted by molar-refractivity contribution is 6.36. The molecule has 1 saturated heterocycles. The third-order valence-corrected chi connectivity index (χ3v) is 6.11. The van der Waals surface area contributed by atoms with Gasteiger partial charge in [-0.25, -0.2) is 0 Å². The van der Waals surface area contributed by atoms with Crippen molar-refractivity contribution in [2.75, 3.05) is 13.1 Å². The van der Waals surface area contributed by atoms with Crippen molar-refractivity contribution in [2.45, 2.75) is 25.7 Å². The highest BCUT2D eigenvalue weighted by atomic mass is 35.5. The average Bonchev–Trinajstić information content (AvgIpc) is 2.71. The van der Waals surface area contributed by atoms with Gasteiger partial charge in [-0.15, -0.1) is 12.4 Å². The molecule has 0 aromatic heterocycles. The second-order valence-corrected chi connectivity index (χ2v) is 7.88. The van der Waals surface area contributed by atoms with Crippen molar-refractivity contribution in [1.82, 2.24) is 4.90 Å². The monoisotopic (exact) mass is 412 g/mol. The first kappa shape index (κ1) is 20.7. The van der Waals surface area contributed by atoms with Gasteiger partial charge < -0.3 is 4.90 Å². The van der Waals surface area contributed by atoms with Crippen LogP contribution in [0.2, 0.25) is 5.02 Å². The smallest absolute Gasteiger partial charge is 0.100 e. The van der Waals surface area contributed by atoms with Crippen LogP contribution in [0.3, 0.4) is 0 Å². The molecule has 0 atom stereocenters. The molecule has 0 amide bonds. The molecule has 0 spiro atoms. The average molecular weight is 413 g/mol. The van der Waals surface area contributed by atoms with Crippen LogP contribution < -0.4 is 0 Å². The minimum atomic E-state index is 0. The molecule has 4 heteroatoms. The Morgan fingerprint density at radius 1 is 0.929 bits per heavy atom. The summed E-state index contributed by atoms with van der Waals surface area (Å²) in [5.74, 6) is 1.41. The lowest BCUT2D eigenvalue weighted by Gasteiger charge is -2.34. The summed E-state index contributed by atoms with van der Waals surface area (Å²) in [6.07, 6.45) is 4.07. The van der Waals surface area contributed by atoms with Crippen molar-refractivity contribution in [3.63, 3.8) is 0 Å². The number of piperidine rings is 1. The van der Waals surface area contributed by atoms with Crippen LogP contribution in [0, 0.1) is 11.3 Å². The van der Waals surface area contributed by atoms with E-state index in [2.05, 4.69) is 59.5 Å². The minimum absolute atomic E-state index is 0. The lowest BCUT2D eigenvalue weighted by Crippen LogP contribution is -2.39. The highest BCUT2D eigenvalue weighted by Gasteiger charge is 2.21. The van der Waals surface area contributed by atoms with Crippen LogP contribution >= 0.6 is 24.0 Å². The molecule has 1 aliphatic heterocycles. The summed E-state index contributed by atoms with van der Waals surface area (Å²) in [6, 6.07) is 23.1. The van der Waals surface area contributed by atoms with Crippen LogP contribution in [-0.2, 0) is 12.8 Å². The van der Waals surface area contributed by atoms with Crippen LogP contribution in [0.1, 0.15) is 24.0 Å². The molecule has 1 N–H and O–H groups in total. The van der Waals surface area contributed by atoms with Gasteiger partial charge in [-0.05, 0) is 41.7 Å². The predicted molar refractivity (Wildman–Crippen MR) is 122 cm³/mol. The number of hydrogen-bond donors (Lipinski definition) is 1. The molecule has 1 heterocycles. The van der Waals surface area contributed by atoms with E-state index >= 15 is 0 Å². The van der Waals surface area contributed by atoms with Gasteiger partial charge in [0, 0.05) is 24.9 Å². The Bertz CT molecular complexity index is 932. The Balaban J connectivity index is 0.00000225. The normalized spacial score (nSPS) is 14.7. The van der Waals surface area contributed by atoms with E-state index in [0.29, 0.717) is 12.3 Å². The molecule has 4 rings (SSSR count). The van der Waals surface area contributed by atoms with E-state index in [9.17, 15) is 0 Å². The highest BCUT2D eigenvalue weighted by Crippen LogP contribution is 2.28. The van der Waals surface area contributed by atoms with E-state index in [0.717, 1.165) is 59.6 Å². The molecule has 28 heavy (non-hydrogen) atoms. The molecule has 1 aliphatic rings. The van der Waals surface area contributed by atoms with Gasteiger partial charge >= 0.3 is 0 Å². The van der Waals surface area contributed by atoms with Crippen molar-refractivity contribution in [3.8, 4) is 0 Å². The van der Waals surface area contributed by atoms with Gasteiger partial charge in [-0.1, -0.05) is 78.3 Å². The predicted octanol–water partition coefficient (Wildman–Crippen LogP) is 6.39.